The Balaban J connectivity index is 2.46. The fourth-order valence-electron chi connectivity index (χ4n) is 2.43. The van der Waals surface area contributed by atoms with Gasteiger partial charge in [0, 0.05) is 36.8 Å². The highest BCUT2D eigenvalue weighted by Gasteiger charge is 2.08. The number of rotatable bonds is 6. The Kier molecular flexibility index (Phi) is 4.39. The van der Waals surface area contributed by atoms with Gasteiger partial charge in [-0.05, 0) is 42.5 Å². The number of aryl methyl sites for hydroxylation is 2. The van der Waals surface area contributed by atoms with Gasteiger partial charge in [-0.1, -0.05) is 13.0 Å². The Morgan fingerprint density at radius 3 is 2.83 bits per heavy atom. The summed E-state index contributed by atoms with van der Waals surface area (Å²) in [4.78, 5) is 0. The summed E-state index contributed by atoms with van der Waals surface area (Å²) in [6.45, 7) is 3.92. The summed E-state index contributed by atoms with van der Waals surface area (Å²) in [5, 5.41) is 10.3. The molecule has 1 aromatic carbocycles. The Labute approximate surface area is 108 Å². The van der Waals surface area contributed by atoms with Crippen LogP contribution in [0, 0.1) is 0 Å². The molecule has 0 aliphatic carbocycles. The lowest BCUT2D eigenvalue weighted by Crippen LogP contribution is -2.08. The van der Waals surface area contributed by atoms with Crippen molar-refractivity contribution in [3.8, 4) is 0 Å². The van der Waals surface area contributed by atoms with Crippen molar-refractivity contribution >= 4 is 10.9 Å². The first-order valence-electron chi connectivity index (χ1n) is 6.71. The van der Waals surface area contributed by atoms with Gasteiger partial charge in [-0.2, -0.15) is 0 Å². The summed E-state index contributed by atoms with van der Waals surface area (Å²) in [5.41, 5.74) is 9.59. The van der Waals surface area contributed by atoms with Gasteiger partial charge in [0.15, 0.2) is 0 Å². The largest absolute Gasteiger partial charge is 0.396 e. The fraction of sp³-hybridized carbons (Fsp3) is 0.467. The van der Waals surface area contributed by atoms with Crippen LogP contribution in [0.2, 0.25) is 0 Å². The average molecular weight is 246 g/mol. The Hall–Kier alpha value is -1.32. The Morgan fingerprint density at radius 2 is 2.17 bits per heavy atom. The normalized spacial score (nSPS) is 11.3. The molecule has 0 aliphatic rings. The molecule has 0 saturated carbocycles. The molecule has 3 nitrogen and oxygen atoms in total. The molecule has 2 aromatic rings. The standard InChI is InChI=1S/C15H22N2O/c1-2-12-5-6-15-14(10-12)13(4-3-9-18)11-17(15)8-7-16/h5-6,10-11,18H,2-4,7-9,16H2,1H3. The van der Waals surface area contributed by atoms with Crippen LogP contribution in [0.3, 0.4) is 0 Å². The topological polar surface area (TPSA) is 51.2 Å². The van der Waals surface area contributed by atoms with Gasteiger partial charge in [-0.25, -0.2) is 0 Å². The zero-order chi connectivity index (χ0) is 13.0. The van der Waals surface area contributed by atoms with Gasteiger partial charge >= 0.3 is 0 Å². The lowest BCUT2D eigenvalue weighted by atomic mass is 10.1. The molecule has 0 saturated heterocycles. The highest BCUT2D eigenvalue weighted by Crippen LogP contribution is 2.24. The second kappa shape index (κ2) is 6.03. The summed E-state index contributed by atoms with van der Waals surface area (Å²) >= 11 is 0. The molecular formula is C15H22N2O. The van der Waals surface area contributed by atoms with E-state index in [9.17, 15) is 0 Å². The predicted molar refractivity (Wildman–Crippen MR) is 75.8 cm³/mol. The number of hydrogen-bond acceptors (Lipinski definition) is 2. The smallest absolute Gasteiger partial charge is 0.0483 e. The molecule has 98 valence electrons. The lowest BCUT2D eigenvalue weighted by Gasteiger charge is -2.03. The van der Waals surface area contributed by atoms with Crippen molar-refractivity contribution in [2.24, 2.45) is 5.73 Å². The first-order valence-corrected chi connectivity index (χ1v) is 6.71. The van der Waals surface area contributed by atoms with Crippen LogP contribution in [0.15, 0.2) is 24.4 Å². The second-order valence-corrected chi connectivity index (χ2v) is 4.67. The fourth-order valence-corrected chi connectivity index (χ4v) is 2.43. The van der Waals surface area contributed by atoms with Crippen molar-refractivity contribution in [1.29, 1.82) is 0 Å². The maximum absolute atomic E-state index is 8.98. The van der Waals surface area contributed by atoms with Gasteiger partial charge in [0.2, 0.25) is 0 Å². The molecule has 2 rings (SSSR count). The van der Waals surface area contributed by atoms with Gasteiger partial charge in [-0.15, -0.1) is 0 Å². The van der Waals surface area contributed by atoms with Gasteiger partial charge in [0.1, 0.15) is 0 Å². The third-order valence-electron chi connectivity index (χ3n) is 3.41. The van der Waals surface area contributed by atoms with Crippen LogP contribution in [0.5, 0.6) is 0 Å². The summed E-state index contributed by atoms with van der Waals surface area (Å²) < 4.78 is 2.22. The molecule has 0 bridgehead atoms. The quantitative estimate of drug-likeness (QED) is 0.820. The minimum atomic E-state index is 0.247. The Bertz CT molecular complexity index is 516. The minimum Gasteiger partial charge on any atom is -0.396 e. The number of fused-ring (bicyclic) bond motifs is 1. The number of nitrogens with zero attached hydrogens (tertiary/aromatic N) is 1. The molecule has 0 fully saturated rings. The molecule has 1 heterocycles. The van der Waals surface area contributed by atoms with Gasteiger partial charge in [0.25, 0.3) is 0 Å². The highest BCUT2D eigenvalue weighted by molar-refractivity contribution is 5.84. The zero-order valence-electron chi connectivity index (χ0n) is 11.0. The van der Waals surface area contributed by atoms with Crippen LogP contribution >= 0.6 is 0 Å². The molecule has 0 atom stereocenters. The van der Waals surface area contributed by atoms with E-state index >= 15 is 0 Å². The van der Waals surface area contributed by atoms with Crippen molar-refractivity contribution in [3.05, 3.63) is 35.5 Å². The molecule has 3 heteroatoms. The molecule has 18 heavy (non-hydrogen) atoms. The summed E-state index contributed by atoms with van der Waals surface area (Å²) in [6, 6.07) is 6.65. The number of hydrogen-bond donors (Lipinski definition) is 2. The maximum atomic E-state index is 8.98. The summed E-state index contributed by atoms with van der Waals surface area (Å²) in [7, 11) is 0. The van der Waals surface area contributed by atoms with Crippen molar-refractivity contribution in [2.45, 2.75) is 32.7 Å². The monoisotopic (exact) mass is 246 g/mol. The average Bonchev–Trinajstić information content (AvgIpc) is 2.74. The number of aliphatic hydroxyl groups excluding tert-OH is 1. The van der Waals surface area contributed by atoms with Crippen molar-refractivity contribution in [1.82, 2.24) is 4.57 Å². The molecule has 3 N–H and O–H groups in total. The van der Waals surface area contributed by atoms with Crippen LogP contribution in [0.4, 0.5) is 0 Å². The van der Waals surface area contributed by atoms with E-state index in [0.29, 0.717) is 6.54 Å². The Morgan fingerprint density at radius 1 is 1.33 bits per heavy atom. The van der Waals surface area contributed by atoms with E-state index in [2.05, 4.69) is 35.9 Å². The third kappa shape index (κ3) is 2.57. The van der Waals surface area contributed by atoms with Crippen LogP contribution in [-0.2, 0) is 19.4 Å². The van der Waals surface area contributed by atoms with E-state index in [-0.39, 0.29) is 6.61 Å². The number of nitrogens with two attached hydrogens (primary N) is 1. The second-order valence-electron chi connectivity index (χ2n) is 4.67. The summed E-state index contributed by atoms with van der Waals surface area (Å²) in [5.74, 6) is 0. The highest BCUT2D eigenvalue weighted by atomic mass is 16.2. The van der Waals surface area contributed by atoms with E-state index < -0.39 is 0 Å². The SMILES string of the molecule is CCc1ccc2c(c1)c(CCCO)cn2CCN. The van der Waals surface area contributed by atoms with Crippen LogP contribution in [-0.4, -0.2) is 22.8 Å². The predicted octanol–water partition coefficient (Wildman–Crippen LogP) is 2.09. The van der Waals surface area contributed by atoms with E-state index in [1.54, 1.807) is 0 Å². The third-order valence-corrected chi connectivity index (χ3v) is 3.41. The van der Waals surface area contributed by atoms with Gasteiger partial charge in [-0.3, -0.25) is 0 Å². The molecule has 1 aromatic heterocycles. The first kappa shape index (κ1) is 13.1. The van der Waals surface area contributed by atoms with Crippen LogP contribution in [0.1, 0.15) is 24.5 Å². The number of benzene rings is 1. The minimum absolute atomic E-state index is 0.247. The molecule has 0 spiro atoms. The number of aliphatic hydroxyl groups is 1. The molecule has 0 aliphatic heterocycles. The van der Waals surface area contributed by atoms with E-state index in [1.165, 1.54) is 22.0 Å². The van der Waals surface area contributed by atoms with E-state index in [1.807, 2.05) is 0 Å². The maximum Gasteiger partial charge on any atom is 0.0483 e. The van der Waals surface area contributed by atoms with Crippen LogP contribution in [0.25, 0.3) is 10.9 Å². The van der Waals surface area contributed by atoms with E-state index in [4.69, 9.17) is 10.8 Å². The van der Waals surface area contributed by atoms with Crippen LogP contribution < -0.4 is 5.73 Å². The number of aromatic nitrogens is 1. The molecular weight excluding hydrogens is 224 g/mol. The first-order chi connectivity index (χ1) is 8.80. The summed E-state index contributed by atoms with van der Waals surface area (Å²) in [6.07, 6.45) is 4.99. The van der Waals surface area contributed by atoms with Gasteiger partial charge in [0.05, 0.1) is 0 Å². The molecule has 0 amide bonds. The van der Waals surface area contributed by atoms with Crippen molar-refractivity contribution < 1.29 is 5.11 Å². The van der Waals surface area contributed by atoms with Crippen molar-refractivity contribution in [2.75, 3.05) is 13.2 Å². The molecule has 0 radical (unpaired) electrons. The van der Waals surface area contributed by atoms with Gasteiger partial charge < -0.3 is 15.4 Å². The van der Waals surface area contributed by atoms with Crippen molar-refractivity contribution in [3.63, 3.8) is 0 Å². The van der Waals surface area contributed by atoms with E-state index in [0.717, 1.165) is 25.8 Å². The molecule has 0 unspecified atom stereocenters. The zero-order valence-corrected chi connectivity index (χ0v) is 11.0. The lowest BCUT2D eigenvalue weighted by molar-refractivity contribution is 0.288.